The molecular formula is C23H24ClF3N4O3. The molecule has 1 aromatic carbocycles. The van der Waals surface area contributed by atoms with Gasteiger partial charge in [-0.25, -0.2) is 4.79 Å². The molecule has 0 spiro atoms. The third kappa shape index (κ3) is 5.07. The highest BCUT2D eigenvalue weighted by Crippen LogP contribution is 2.44. The number of hydrogen-bond donors (Lipinski definition) is 0. The van der Waals surface area contributed by atoms with Gasteiger partial charge in [-0.1, -0.05) is 11.6 Å². The number of halogens is 4. The van der Waals surface area contributed by atoms with E-state index in [0.29, 0.717) is 31.7 Å². The van der Waals surface area contributed by atoms with Crippen molar-refractivity contribution in [2.75, 3.05) is 26.2 Å². The Morgan fingerprint density at radius 1 is 1.12 bits per heavy atom. The van der Waals surface area contributed by atoms with Gasteiger partial charge in [-0.3, -0.25) is 14.4 Å². The number of amides is 1. The lowest BCUT2D eigenvalue weighted by Gasteiger charge is -2.19. The molecule has 182 valence electrons. The molecule has 0 N–H and O–H groups in total. The zero-order valence-corrected chi connectivity index (χ0v) is 19.1. The summed E-state index contributed by atoms with van der Waals surface area (Å²) in [6.45, 7) is 3.14. The van der Waals surface area contributed by atoms with Crippen LogP contribution in [0.1, 0.15) is 40.2 Å². The highest BCUT2D eigenvalue weighted by Gasteiger charge is 2.45. The van der Waals surface area contributed by atoms with Crippen LogP contribution in [0.2, 0.25) is 5.02 Å². The van der Waals surface area contributed by atoms with Gasteiger partial charge < -0.3 is 9.64 Å². The van der Waals surface area contributed by atoms with Crippen molar-refractivity contribution in [3.05, 3.63) is 51.8 Å². The van der Waals surface area contributed by atoms with E-state index < -0.39 is 17.8 Å². The lowest BCUT2D eigenvalue weighted by Crippen LogP contribution is -2.31. The van der Waals surface area contributed by atoms with Crippen LogP contribution in [0.25, 0.3) is 0 Å². The summed E-state index contributed by atoms with van der Waals surface area (Å²) in [5.41, 5.74) is 0.377. The minimum atomic E-state index is -4.54. The van der Waals surface area contributed by atoms with Crippen LogP contribution in [0.15, 0.2) is 24.3 Å². The number of aryl methyl sites for hydroxylation is 1. The molecule has 2 atom stereocenters. The Morgan fingerprint density at radius 2 is 1.88 bits per heavy atom. The van der Waals surface area contributed by atoms with Gasteiger partial charge in [-0.05, 0) is 54.5 Å². The summed E-state index contributed by atoms with van der Waals surface area (Å²) in [6, 6.07) is 4.80. The highest BCUT2D eigenvalue weighted by molar-refractivity contribution is 6.30. The van der Waals surface area contributed by atoms with E-state index in [2.05, 4.69) is 10.00 Å². The summed E-state index contributed by atoms with van der Waals surface area (Å²) in [5.74, 6) is 1.47. The molecule has 3 heterocycles. The van der Waals surface area contributed by atoms with Crippen molar-refractivity contribution in [1.82, 2.24) is 19.6 Å². The topological polar surface area (TPSA) is 67.7 Å². The van der Waals surface area contributed by atoms with Crippen molar-refractivity contribution in [3.63, 3.8) is 0 Å². The smallest absolute Gasteiger partial charge is 0.416 e. The van der Waals surface area contributed by atoms with Gasteiger partial charge in [0.1, 0.15) is 12.3 Å². The first-order valence-electron chi connectivity index (χ1n) is 11.3. The summed E-state index contributed by atoms with van der Waals surface area (Å²) >= 11 is 5.80. The average Bonchev–Trinajstić information content (AvgIpc) is 3.26. The normalized spacial score (nSPS) is 22.2. The number of piperidine rings is 1. The molecule has 11 heteroatoms. The number of alkyl halides is 3. The van der Waals surface area contributed by atoms with Crippen LogP contribution < -0.4 is 0 Å². The maximum Gasteiger partial charge on any atom is 0.416 e. The number of likely N-dealkylation sites (tertiary alicyclic amines) is 1. The lowest BCUT2D eigenvalue weighted by atomic mass is 10.1. The fraction of sp³-hybridized carbons (Fsp3) is 0.522. The van der Waals surface area contributed by atoms with Gasteiger partial charge in [0.25, 0.3) is 0 Å². The van der Waals surface area contributed by atoms with Gasteiger partial charge in [0, 0.05) is 31.2 Å². The molecule has 3 aliphatic rings. The van der Waals surface area contributed by atoms with Crippen molar-refractivity contribution in [2.24, 2.45) is 11.8 Å². The van der Waals surface area contributed by atoms with E-state index in [1.54, 1.807) is 10.7 Å². The summed E-state index contributed by atoms with van der Waals surface area (Å²) < 4.78 is 46.0. The van der Waals surface area contributed by atoms with Crippen molar-refractivity contribution in [1.29, 1.82) is 0 Å². The Hall–Kier alpha value is -2.59. The second-order valence-electron chi connectivity index (χ2n) is 9.29. The number of rotatable bonds is 5. The number of Topliss-reactive ketones (excluding diaryl/α,β-unsaturated/α-hetero) is 1. The molecule has 1 amide bonds. The summed E-state index contributed by atoms with van der Waals surface area (Å²) in [4.78, 5) is 29.0. The summed E-state index contributed by atoms with van der Waals surface area (Å²) in [6.07, 6.45) is -3.30. The SMILES string of the molecule is O=C(CN1CC2CC2C1)c1cc2n(n1)CCCN(C(=O)OCc1cc(Cl)cc(C(F)(F)F)c1)C2. The molecule has 2 unspecified atom stereocenters. The first kappa shape index (κ1) is 23.2. The predicted octanol–water partition coefficient (Wildman–Crippen LogP) is 4.23. The Labute approximate surface area is 199 Å². The monoisotopic (exact) mass is 496 g/mol. The number of fused-ring (bicyclic) bond motifs is 2. The van der Waals surface area contributed by atoms with E-state index in [-0.39, 0.29) is 29.5 Å². The van der Waals surface area contributed by atoms with E-state index in [1.165, 1.54) is 17.4 Å². The van der Waals surface area contributed by atoms with E-state index in [0.717, 1.165) is 42.8 Å². The molecule has 0 bridgehead atoms. The molecule has 1 aliphatic carbocycles. The van der Waals surface area contributed by atoms with Gasteiger partial charge >= 0.3 is 12.3 Å². The van der Waals surface area contributed by atoms with Crippen LogP contribution in [-0.2, 0) is 30.6 Å². The predicted molar refractivity (Wildman–Crippen MR) is 116 cm³/mol. The third-order valence-corrected chi connectivity index (χ3v) is 6.85. The van der Waals surface area contributed by atoms with Gasteiger partial charge in [0.15, 0.2) is 5.78 Å². The maximum atomic E-state index is 13.0. The second kappa shape index (κ2) is 8.88. The number of nitrogens with zero attached hydrogens (tertiary/aromatic N) is 4. The van der Waals surface area contributed by atoms with Crippen LogP contribution in [0.5, 0.6) is 0 Å². The zero-order valence-electron chi connectivity index (χ0n) is 18.4. The first-order valence-corrected chi connectivity index (χ1v) is 11.6. The Morgan fingerprint density at radius 3 is 2.62 bits per heavy atom. The summed E-state index contributed by atoms with van der Waals surface area (Å²) in [5, 5.41) is 4.37. The van der Waals surface area contributed by atoms with Gasteiger partial charge in [-0.15, -0.1) is 0 Å². The number of carbonyl (C=O) groups is 2. The third-order valence-electron chi connectivity index (χ3n) is 6.63. The van der Waals surface area contributed by atoms with Crippen molar-refractivity contribution in [3.8, 4) is 0 Å². The fourth-order valence-corrected chi connectivity index (χ4v) is 5.05. The molecule has 7 nitrogen and oxygen atoms in total. The van der Waals surface area contributed by atoms with Crippen LogP contribution in [0, 0.1) is 11.8 Å². The standard InChI is InChI=1S/C23H24ClF3N4O3/c24-18-5-14(4-17(7-18)23(25,26)27)13-34-22(33)30-2-1-3-31-19(11-30)8-20(28-31)21(32)12-29-9-15-6-16(15)10-29/h4-5,7-8,15-16H,1-3,6,9-13H2. The van der Waals surface area contributed by atoms with Crippen LogP contribution >= 0.6 is 11.6 Å². The molecule has 34 heavy (non-hydrogen) atoms. The second-order valence-corrected chi connectivity index (χ2v) is 9.73. The summed E-state index contributed by atoms with van der Waals surface area (Å²) in [7, 11) is 0. The van der Waals surface area contributed by atoms with E-state index in [4.69, 9.17) is 16.3 Å². The van der Waals surface area contributed by atoms with Crippen LogP contribution in [0.4, 0.5) is 18.0 Å². The Balaban J connectivity index is 1.20. The van der Waals surface area contributed by atoms with Gasteiger partial charge in [-0.2, -0.15) is 18.3 Å². The number of carbonyl (C=O) groups excluding carboxylic acids is 2. The number of hydrogen-bond acceptors (Lipinski definition) is 5. The minimum absolute atomic E-state index is 0.0302. The maximum absolute atomic E-state index is 13.0. The van der Waals surface area contributed by atoms with Crippen molar-refractivity contribution in [2.45, 2.75) is 38.7 Å². The minimum Gasteiger partial charge on any atom is -0.445 e. The van der Waals surface area contributed by atoms with Gasteiger partial charge in [0.2, 0.25) is 0 Å². The number of benzene rings is 1. The number of aromatic nitrogens is 2. The van der Waals surface area contributed by atoms with E-state index in [9.17, 15) is 22.8 Å². The molecule has 2 fully saturated rings. The Bertz CT molecular complexity index is 1110. The van der Waals surface area contributed by atoms with Crippen LogP contribution in [-0.4, -0.2) is 57.6 Å². The highest BCUT2D eigenvalue weighted by atomic mass is 35.5. The number of ketones is 1. The first-order chi connectivity index (χ1) is 16.2. The largest absolute Gasteiger partial charge is 0.445 e. The molecule has 0 radical (unpaired) electrons. The quantitative estimate of drug-likeness (QED) is 0.579. The molecule has 2 aromatic rings. The van der Waals surface area contributed by atoms with Crippen LogP contribution in [0.3, 0.4) is 0 Å². The van der Waals surface area contributed by atoms with E-state index in [1.807, 2.05) is 0 Å². The van der Waals surface area contributed by atoms with Crippen molar-refractivity contribution < 1.29 is 27.5 Å². The van der Waals surface area contributed by atoms with Crippen molar-refractivity contribution >= 4 is 23.5 Å². The fourth-order valence-electron chi connectivity index (χ4n) is 4.80. The molecule has 2 aliphatic heterocycles. The zero-order chi connectivity index (χ0) is 24.0. The Kier molecular flexibility index (Phi) is 6.05. The molecule has 1 saturated carbocycles. The molecular weight excluding hydrogens is 473 g/mol. The van der Waals surface area contributed by atoms with Gasteiger partial charge in [0.05, 0.1) is 24.3 Å². The molecule has 1 aromatic heterocycles. The number of ether oxygens (including phenoxy) is 1. The van der Waals surface area contributed by atoms with E-state index >= 15 is 0 Å². The molecule has 5 rings (SSSR count). The average molecular weight is 497 g/mol. The molecule has 1 saturated heterocycles. The lowest BCUT2D eigenvalue weighted by molar-refractivity contribution is -0.137.